The number of benzene rings is 2. The van der Waals surface area contributed by atoms with Crippen molar-refractivity contribution in [3.05, 3.63) is 64.8 Å². The van der Waals surface area contributed by atoms with Crippen molar-refractivity contribution in [3.63, 3.8) is 0 Å². The predicted molar refractivity (Wildman–Crippen MR) is 87.0 cm³/mol. The Morgan fingerprint density at radius 2 is 1.82 bits per heavy atom. The minimum Gasteiger partial charge on any atom is -0.464 e. The Bertz CT molecular complexity index is 681. The zero-order chi connectivity index (χ0) is 15.9. The lowest BCUT2D eigenvalue weighted by Crippen LogP contribution is -2.20. The zero-order valence-electron chi connectivity index (χ0n) is 12.3. The Labute approximate surface area is 134 Å². The lowest BCUT2D eigenvalue weighted by molar-refractivity contribution is -0.137. The summed E-state index contributed by atoms with van der Waals surface area (Å²) in [5.74, 6) is -0.501. The van der Waals surface area contributed by atoms with Crippen LogP contribution in [0.5, 0.6) is 0 Å². The van der Waals surface area contributed by atoms with Gasteiger partial charge in [-0.05, 0) is 41.0 Å². The van der Waals surface area contributed by atoms with Gasteiger partial charge in [-0.2, -0.15) is 0 Å². The molecule has 0 fully saturated rings. The summed E-state index contributed by atoms with van der Waals surface area (Å²) in [4.78, 5) is 16.4. The molecule has 0 amide bonds. The van der Waals surface area contributed by atoms with Crippen LogP contribution in [0, 0.1) is 0 Å². The first-order chi connectivity index (χ1) is 10.6. The Morgan fingerprint density at radius 1 is 1.09 bits per heavy atom. The molecule has 0 atom stereocenters. The van der Waals surface area contributed by atoms with Crippen LogP contribution in [0.25, 0.3) is 17.2 Å². The van der Waals surface area contributed by atoms with Gasteiger partial charge in [-0.1, -0.05) is 41.9 Å². The summed E-state index contributed by atoms with van der Waals surface area (Å²) < 4.78 is 4.70. The highest BCUT2D eigenvalue weighted by molar-refractivity contribution is 6.30. The van der Waals surface area contributed by atoms with E-state index in [-0.39, 0.29) is 5.70 Å². The standard InChI is InChI=1S/C17H16ClNO3/c1-21-17(20)16(19-22-2)11-12-4-3-5-14(10-12)13-6-8-15(18)9-7-13/h3-11,19H,1-2H3. The van der Waals surface area contributed by atoms with Gasteiger partial charge >= 0.3 is 5.97 Å². The molecular weight excluding hydrogens is 302 g/mol. The van der Waals surface area contributed by atoms with Gasteiger partial charge in [-0.15, -0.1) is 0 Å². The molecule has 2 aromatic carbocycles. The van der Waals surface area contributed by atoms with Crippen LogP contribution in [0.2, 0.25) is 5.02 Å². The topological polar surface area (TPSA) is 47.6 Å². The van der Waals surface area contributed by atoms with E-state index in [1.54, 1.807) is 6.08 Å². The van der Waals surface area contributed by atoms with E-state index in [1.165, 1.54) is 14.2 Å². The van der Waals surface area contributed by atoms with Gasteiger partial charge in [0.25, 0.3) is 0 Å². The minimum atomic E-state index is -0.501. The summed E-state index contributed by atoms with van der Waals surface area (Å²) in [7, 11) is 2.75. The second-order valence-corrected chi connectivity index (χ2v) is 4.92. The second kappa shape index (κ2) is 7.64. The third-order valence-corrected chi connectivity index (χ3v) is 3.24. The molecule has 0 aromatic heterocycles. The molecule has 114 valence electrons. The van der Waals surface area contributed by atoms with Crippen LogP contribution in [-0.4, -0.2) is 20.2 Å². The van der Waals surface area contributed by atoms with Crippen LogP contribution < -0.4 is 5.48 Å². The molecule has 0 spiro atoms. The van der Waals surface area contributed by atoms with Crippen molar-refractivity contribution >= 4 is 23.6 Å². The SMILES string of the molecule is CONC(=Cc1cccc(-c2ccc(Cl)cc2)c1)C(=O)OC. The molecular formula is C17H16ClNO3. The Morgan fingerprint density at radius 3 is 2.45 bits per heavy atom. The summed E-state index contributed by atoms with van der Waals surface area (Å²) in [5.41, 5.74) is 5.64. The number of methoxy groups -OCH3 is 1. The quantitative estimate of drug-likeness (QED) is 0.519. The van der Waals surface area contributed by atoms with E-state index in [2.05, 4.69) is 5.48 Å². The number of hydroxylamine groups is 1. The molecule has 2 rings (SSSR count). The lowest BCUT2D eigenvalue weighted by atomic mass is 10.0. The number of hydrogen-bond donors (Lipinski definition) is 1. The van der Waals surface area contributed by atoms with Crippen molar-refractivity contribution in [2.24, 2.45) is 0 Å². The van der Waals surface area contributed by atoms with Crippen molar-refractivity contribution in [2.75, 3.05) is 14.2 Å². The summed E-state index contributed by atoms with van der Waals surface area (Å²) >= 11 is 5.90. The first-order valence-electron chi connectivity index (χ1n) is 6.59. The van der Waals surface area contributed by atoms with Crippen LogP contribution in [0.1, 0.15) is 5.56 Å². The average molecular weight is 318 g/mol. The van der Waals surface area contributed by atoms with Crippen molar-refractivity contribution in [1.29, 1.82) is 0 Å². The highest BCUT2D eigenvalue weighted by Gasteiger charge is 2.09. The molecule has 0 radical (unpaired) electrons. The average Bonchev–Trinajstić information content (AvgIpc) is 2.54. The van der Waals surface area contributed by atoms with Gasteiger partial charge in [0.2, 0.25) is 0 Å². The van der Waals surface area contributed by atoms with Crippen LogP contribution in [0.4, 0.5) is 0 Å². The molecule has 4 nitrogen and oxygen atoms in total. The molecule has 0 saturated heterocycles. The Kier molecular flexibility index (Phi) is 5.58. The molecule has 0 aliphatic heterocycles. The Hall–Kier alpha value is -2.30. The number of nitrogens with one attached hydrogen (secondary N) is 1. The third-order valence-electron chi connectivity index (χ3n) is 2.99. The van der Waals surface area contributed by atoms with Gasteiger partial charge in [0.05, 0.1) is 14.2 Å². The zero-order valence-corrected chi connectivity index (χ0v) is 13.1. The first-order valence-corrected chi connectivity index (χ1v) is 6.97. The van der Waals surface area contributed by atoms with Crippen molar-refractivity contribution in [1.82, 2.24) is 5.48 Å². The van der Waals surface area contributed by atoms with E-state index in [9.17, 15) is 4.79 Å². The van der Waals surface area contributed by atoms with Gasteiger partial charge < -0.3 is 4.74 Å². The molecule has 1 N–H and O–H groups in total. The third kappa shape index (κ3) is 4.10. The maximum atomic E-state index is 11.7. The maximum absolute atomic E-state index is 11.7. The van der Waals surface area contributed by atoms with Crippen LogP contribution in [0.3, 0.4) is 0 Å². The predicted octanol–water partition coefficient (Wildman–Crippen LogP) is 3.67. The summed E-state index contributed by atoms with van der Waals surface area (Å²) in [6.45, 7) is 0. The summed E-state index contributed by atoms with van der Waals surface area (Å²) in [6, 6.07) is 15.3. The minimum absolute atomic E-state index is 0.221. The second-order valence-electron chi connectivity index (χ2n) is 4.49. The van der Waals surface area contributed by atoms with Gasteiger partial charge in [-0.25, -0.2) is 4.79 Å². The fourth-order valence-corrected chi connectivity index (χ4v) is 2.09. The van der Waals surface area contributed by atoms with E-state index in [1.807, 2.05) is 48.5 Å². The number of carbonyl (C=O) groups excluding carboxylic acids is 1. The van der Waals surface area contributed by atoms with Gasteiger partial charge in [-0.3, -0.25) is 10.3 Å². The van der Waals surface area contributed by atoms with Crippen molar-refractivity contribution in [2.45, 2.75) is 0 Å². The number of rotatable bonds is 5. The van der Waals surface area contributed by atoms with Crippen LogP contribution in [-0.2, 0) is 14.4 Å². The smallest absolute Gasteiger partial charge is 0.356 e. The maximum Gasteiger partial charge on any atom is 0.356 e. The molecule has 0 heterocycles. The first kappa shape index (κ1) is 16.1. The van der Waals surface area contributed by atoms with E-state index in [0.29, 0.717) is 5.02 Å². The molecule has 0 saturated carbocycles. The van der Waals surface area contributed by atoms with E-state index >= 15 is 0 Å². The van der Waals surface area contributed by atoms with Crippen molar-refractivity contribution in [3.8, 4) is 11.1 Å². The van der Waals surface area contributed by atoms with E-state index < -0.39 is 5.97 Å². The molecule has 22 heavy (non-hydrogen) atoms. The fourth-order valence-electron chi connectivity index (χ4n) is 1.97. The lowest BCUT2D eigenvalue weighted by Gasteiger charge is -2.07. The van der Waals surface area contributed by atoms with Crippen LogP contribution >= 0.6 is 11.6 Å². The number of carbonyl (C=O) groups is 1. The largest absolute Gasteiger partial charge is 0.464 e. The van der Waals surface area contributed by atoms with Crippen molar-refractivity contribution < 1.29 is 14.4 Å². The van der Waals surface area contributed by atoms with E-state index in [0.717, 1.165) is 16.7 Å². The highest BCUT2D eigenvalue weighted by atomic mass is 35.5. The van der Waals surface area contributed by atoms with Gasteiger partial charge in [0, 0.05) is 5.02 Å². The highest BCUT2D eigenvalue weighted by Crippen LogP contribution is 2.23. The number of hydrogen-bond acceptors (Lipinski definition) is 4. The normalized spacial score (nSPS) is 11.1. The Balaban J connectivity index is 2.34. The molecule has 5 heteroatoms. The monoisotopic (exact) mass is 317 g/mol. The van der Waals surface area contributed by atoms with Crippen LogP contribution in [0.15, 0.2) is 54.2 Å². The molecule has 0 unspecified atom stereocenters. The molecule has 0 aliphatic rings. The number of ether oxygens (including phenoxy) is 1. The molecule has 2 aromatic rings. The molecule has 0 aliphatic carbocycles. The number of halogens is 1. The number of esters is 1. The summed E-state index contributed by atoms with van der Waals surface area (Å²) in [5, 5.41) is 0.692. The van der Waals surface area contributed by atoms with Gasteiger partial charge in [0.1, 0.15) is 5.70 Å². The van der Waals surface area contributed by atoms with Gasteiger partial charge in [0.15, 0.2) is 0 Å². The molecule has 0 bridgehead atoms. The fraction of sp³-hybridized carbons (Fsp3) is 0.118. The van der Waals surface area contributed by atoms with E-state index in [4.69, 9.17) is 21.2 Å². The summed E-state index contributed by atoms with van der Waals surface area (Å²) in [6.07, 6.45) is 1.66.